The van der Waals surface area contributed by atoms with Gasteiger partial charge in [-0.3, -0.25) is 13.2 Å². The van der Waals surface area contributed by atoms with Crippen LogP contribution in [0.4, 0.5) is 0 Å². The van der Waals surface area contributed by atoms with Crippen molar-refractivity contribution >= 4 is 32.0 Å². The van der Waals surface area contributed by atoms with Crippen LogP contribution in [0.25, 0.3) is 0 Å². The number of ketones is 1. The van der Waals surface area contributed by atoms with E-state index in [-0.39, 0.29) is 12.8 Å². The normalized spacial score (nSPS) is 15.3. The van der Waals surface area contributed by atoms with Crippen molar-refractivity contribution in [1.29, 1.82) is 0 Å². The first-order valence-electron chi connectivity index (χ1n) is 8.10. The zero-order valence-corrected chi connectivity index (χ0v) is 17.6. The minimum Gasteiger partial charge on any atom is -0.458 e. The first kappa shape index (κ1) is 25.0. The first-order valence-corrected chi connectivity index (χ1v) is 11.3. The molecule has 0 aliphatic rings. The number of hydrogen-bond acceptors (Lipinski definition) is 9. The van der Waals surface area contributed by atoms with E-state index in [1.807, 2.05) is 0 Å². The fourth-order valence-corrected chi connectivity index (χ4v) is 3.99. The maximum absolute atomic E-state index is 11.8. The van der Waals surface area contributed by atoms with Gasteiger partial charge in [0.2, 0.25) is 0 Å². The lowest BCUT2D eigenvalue weighted by Gasteiger charge is -2.22. The highest BCUT2D eigenvalue weighted by Gasteiger charge is 2.27. The zero-order chi connectivity index (χ0) is 20.8. The van der Waals surface area contributed by atoms with Crippen molar-refractivity contribution in [2.75, 3.05) is 11.5 Å². The van der Waals surface area contributed by atoms with Crippen molar-refractivity contribution in [3.8, 4) is 0 Å². The molecule has 0 aromatic rings. The van der Waals surface area contributed by atoms with Crippen molar-refractivity contribution in [2.24, 2.45) is 0 Å². The van der Waals surface area contributed by atoms with Crippen LogP contribution in [0, 0.1) is 0 Å². The summed E-state index contributed by atoms with van der Waals surface area (Å²) in [4.78, 5) is 22.7. The molecule has 0 aromatic carbocycles. The number of carbonyl (C=O) groups is 2. The summed E-state index contributed by atoms with van der Waals surface area (Å²) in [7, 11) is -7.96. The van der Waals surface area contributed by atoms with Crippen LogP contribution in [0.15, 0.2) is 0 Å². The molecule has 0 fully saturated rings. The Labute approximate surface area is 155 Å². The minimum atomic E-state index is -4.03. The molecular weight excluding hydrogens is 388 g/mol. The lowest BCUT2D eigenvalue weighted by molar-refractivity contribution is -0.162. The Morgan fingerprint density at radius 2 is 1.23 bits per heavy atom. The smallest absolute Gasteiger partial charge is 0.337 e. The van der Waals surface area contributed by atoms with E-state index in [1.54, 1.807) is 20.8 Å². The Morgan fingerprint density at radius 1 is 0.846 bits per heavy atom. The predicted molar refractivity (Wildman–Crippen MR) is 94.4 cm³/mol. The molecule has 0 heterocycles. The molecule has 0 amide bonds. The summed E-state index contributed by atoms with van der Waals surface area (Å²) in [5.74, 6) is -2.13. The first-order chi connectivity index (χ1) is 11.5. The van der Waals surface area contributed by atoms with Crippen molar-refractivity contribution < 1.29 is 39.5 Å². The molecule has 2 unspecified atom stereocenters. The molecule has 9 nitrogen and oxygen atoms in total. The Bertz CT molecular complexity index is 687. The molecule has 2 atom stereocenters. The molecular formula is C15H28O9S2. The van der Waals surface area contributed by atoms with Crippen LogP contribution in [-0.2, 0) is 42.9 Å². The van der Waals surface area contributed by atoms with Gasteiger partial charge >= 0.3 is 5.97 Å². The average Bonchev–Trinajstić information content (AvgIpc) is 2.40. The van der Waals surface area contributed by atoms with Crippen LogP contribution in [-0.4, -0.2) is 57.9 Å². The van der Waals surface area contributed by atoms with E-state index >= 15 is 0 Å². The third kappa shape index (κ3) is 11.6. The molecule has 0 aliphatic carbocycles. The third-order valence-corrected chi connectivity index (χ3v) is 5.67. The van der Waals surface area contributed by atoms with Gasteiger partial charge in [0, 0.05) is 0 Å². The van der Waals surface area contributed by atoms with Gasteiger partial charge < -0.3 is 4.74 Å². The zero-order valence-electron chi connectivity index (χ0n) is 16.0. The number of carbonyl (C=O) groups excluding carboxylic acids is 2. The van der Waals surface area contributed by atoms with E-state index in [2.05, 4.69) is 4.18 Å². The molecule has 154 valence electrons. The SMILES string of the molecule is CC(=O)C(C)OS(=O)(=O)CCCCS(=O)(=O)OC(C)C(=O)OC(C)(C)C. The summed E-state index contributed by atoms with van der Waals surface area (Å²) in [6.45, 7) is 8.70. The minimum absolute atomic E-state index is 0.00360. The van der Waals surface area contributed by atoms with Gasteiger partial charge in [0.05, 0.1) is 11.5 Å². The third-order valence-electron chi connectivity index (χ3n) is 2.93. The highest BCUT2D eigenvalue weighted by atomic mass is 32.2. The van der Waals surface area contributed by atoms with Crippen LogP contribution in [0.5, 0.6) is 0 Å². The quantitative estimate of drug-likeness (QED) is 0.277. The summed E-state index contributed by atoms with van der Waals surface area (Å²) in [6.07, 6.45) is -2.40. The highest BCUT2D eigenvalue weighted by molar-refractivity contribution is 7.87. The van der Waals surface area contributed by atoms with Crippen molar-refractivity contribution in [3.05, 3.63) is 0 Å². The number of rotatable bonds is 11. The van der Waals surface area contributed by atoms with Gasteiger partial charge in [-0.2, -0.15) is 16.8 Å². The number of esters is 1. The summed E-state index contributed by atoms with van der Waals surface area (Å²) < 4.78 is 61.4. The van der Waals surface area contributed by atoms with Crippen LogP contribution < -0.4 is 0 Å². The van der Waals surface area contributed by atoms with E-state index in [1.165, 1.54) is 20.8 Å². The van der Waals surface area contributed by atoms with E-state index in [0.717, 1.165) is 0 Å². The summed E-state index contributed by atoms with van der Waals surface area (Å²) in [5, 5.41) is 0. The van der Waals surface area contributed by atoms with E-state index in [0.29, 0.717) is 0 Å². The van der Waals surface area contributed by atoms with Gasteiger partial charge in [-0.25, -0.2) is 4.79 Å². The van der Waals surface area contributed by atoms with Gasteiger partial charge in [-0.05, 0) is 54.4 Å². The van der Waals surface area contributed by atoms with Gasteiger partial charge in [0.15, 0.2) is 11.9 Å². The fraction of sp³-hybridized carbons (Fsp3) is 0.867. The fourth-order valence-electron chi connectivity index (χ4n) is 1.59. The Morgan fingerprint density at radius 3 is 1.58 bits per heavy atom. The topological polar surface area (TPSA) is 130 Å². The largest absolute Gasteiger partial charge is 0.458 e. The maximum atomic E-state index is 11.8. The Kier molecular flexibility index (Phi) is 9.38. The summed E-state index contributed by atoms with van der Waals surface area (Å²) >= 11 is 0. The van der Waals surface area contributed by atoms with Gasteiger partial charge in [-0.1, -0.05) is 0 Å². The van der Waals surface area contributed by atoms with Crippen LogP contribution in [0.2, 0.25) is 0 Å². The number of Topliss-reactive ketones (excluding diaryl/α,β-unsaturated/α-hetero) is 1. The molecule has 0 aromatic heterocycles. The van der Waals surface area contributed by atoms with Gasteiger partial charge in [-0.15, -0.1) is 0 Å². The summed E-state index contributed by atoms with van der Waals surface area (Å²) in [6, 6.07) is 0. The second kappa shape index (κ2) is 9.77. The highest BCUT2D eigenvalue weighted by Crippen LogP contribution is 2.12. The summed E-state index contributed by atoms with van der Waals surface area (Å²) in [5.41, 5.74) is -0.774. The van der Waals surface area contributed by atoms with E-state index in [9.17, 15) is 26.4 Å². The molecule has 0 bridgehead atoms. The van der Waals surface area contributed by atoms with Crippen LogP contribution >= 0.6 is 0 Å². The molecule has 0 aliphatic heterocycles. The monoisotopic (exact) mass is 416 g/mol. The Balaban J connectivity index is 4.41. The van der Waals surface area contributed by atoms with Gasteiger partial charge in [0.25, 0.3) is 20.2 Å². The van der Waals surface area contributed by atoms with Gasteiger partial charge in [0.1, 0.15) is 11.7 Å². The second-order valence-corrected chi connectivity index (χ2v) is 10.3. The second-order valence-electron chi connectivity index (χ2n) is 6.85. The number of hydrogen-bond donors (Lipinski definition) is 0. The maximum Gasteiger partial charge on any atom is 0.337 e. The van der Waals surface area contributed by atoms with Crippen molar-refractivity contribution in [3.63, 3.8) is 0 Å². The molecule has 0 N–H and O–H groups in total. The predicted octanol–water partition coefficient (Wildman–Crippen LogP) is 1.17. The van der Waals surface area contributed by atoms with Crippen molar-refractivity contribution in [2.45, 2.75) is 72.2 Å². The Hall–Kier alpha value is -1.04. The molecule has 11 heteroatoms. The molecule has 0 saturated carbocycles. The number of unbranched alkanes of at least 4 members (excludes halogenated alkanes) is 1. The van der Waals surface area contributed by atoms with E-state index < -0.39 is 61.3 Å². The molecule has 0 rings (SSSR count). The standard InChI is InChI=1S/C15H28O9S2/c1-11(16)12(2)23-25(18,19)9-7-8-10-26(20,21)24-13(3)14(17)22-15(4,5)6/h12-13H,7-10H2,1-6H3. The van der Waals surface area contributed by atoms with E-state index in [4.69, 9.17) is 8.92 Å². The van der Waals surface area contributed by atoms with Crippen LogP contribution in [0.1, 0.15) is 54.4 Å². The average molecular weight is 417 g/mol. The lowest BCUT2D eigenvalue weighted by atomic mass is 10.2. The van der Waals surface area contributed by atoms with Crippen molar-refractivity contribution in [1.82, 2.24) is 0 Å². The molecule has 0 spiro atoms. The van der Waals surface area contributed by atoms with Crippen LogP contribution in [0.3, 0.4) is 0 Å². The number of ether oxygens (including phenoxy) is 1. The molecule has 0 radical (unpaired) electrons. The lowest BCUT2D eigenvalue weighted by Crippen LogP contribution is -2.33. The molecule has 26 heavy (non-hydrogen) atoms. The molecule has 0 saturated heterocycles.